The van der Waals surface area contributed by atoms with Crippen molar-refractivity contribution in [3.63, 3.8) is 0 Å². The van der Waals surface area contributed by atoms with Crippen LogP contribution in [0.15, 0.2) is 48.5 Å². The van der Waals surface area contributed by atoms with Crippen molar-refractivity contribution in [3.05, 3.63) is 71.0 Å². The molecule has 0 fully saturated rings. The van der Waals surface area contributed by atoms with Gasteiger partial charge < -0.3 is 10.6 Å². The number of benzene rings is 2. The number of aryl methyl sites for hydroxylation is 1. The molecule has 0 radical (unpaired) electrons. The molecule has 5 heteroatoms. The number of hydrogen-bond acceptors (Lipinski definition) is 2. The summed E-state index contributed by atoms with van der Waals surface area (Å²) < 4.78 is 13.9. The van der Waals surface area contributed by atoms with E-state index in [0.717, 1.165) is 24.8 Å². The van der Waals surface area contributed by atoms with Gasteiger partial charge >= 0.3 is 0 Å². The third kappa shape index (κ3) is 4.35. The predicted molar refractivity (Wildman–Crippen MR) is 103 cm³/mol. The van der Waals surface area contributed by atoms with Crippen LogP contribution in [0.4, 0.5) is 4.39 Å². The molecule has 27 heavy (non-hydrogen) atoms. The van der Waals surface area contributed by atoms with E-state index < -0.39 is 17.8 Å². The molecule has 0 heterocycles. The SMILES string of the molecule is CC(C)[C@H](NC(=O)c1ccccc1F)C(=O)N[C@H]1CCCc2ccccc21. The fraction of sp³-hybridized carbons (Fsp3) is 0.364. The average Bonchev–Trinajstić information content (AvgIpc) is 2.66. The first-order valence-electron chi connectivity index (χ1n) is 9.41. The van der Waals surface area contributed by atoms with Crippen molar-refractivity contribution in [2.24, 2.45) is 5.92 Å². The summed E-state index contributed by atoms with van der Waals surface area (Å²) in [5.41, 5.74) is 2.34. The van der Waals surface area contributed by atoms with Gasteiger partial charge in [0.25, 0.3) is 5.91 Å². The molecule has 1 aliphatic carbocycles. The smallest absolute Gasteiger partial charge is 0.254 e. The van der Waals surface area contributed by atoms with Gasteiger partial charge in [0.15, 0.2) is 0 Å². The second kappa shape index (κ2) is 8.33. The summed E-state index contributed by atoms with van der Waals surface area (Å²) in [7, 11) is 0. The van der Waals surface area contributed by atoms with Gasteiger partial charge in [-0.25, -0.2) is 4.39 Å². The molecule has 2 aromatic rings. The molecular formula is C22H25FN2O2. The Hall–Kier alpha value is -2.69. The first kappa shape index (κ1) is 19.1. The molecule has 0 saturated carbocycles. The molecule has 0 spiro atoms. The van der Waals surface area contributed by atoms with Crippen molar-refractivity contribution >= 4 is 11.8 Å². The molecule has 1 aliphatic rings. The van der Waals surface area contributed by atoms with E-state index >= 15 is 0 Å². The number of carbonyl (C=O) groups is 2. The topological polar surface area (TPSA) is 58.2 Å². The largest absolute Gasteiger partial charge is 0.347 e. The maximum Gasteiger partial charge on any atom is 0.254 e. The average molecular weight is 368 g/mol. The van der Waals surface area contributed by atoms with E-state index in [-0.39, 0.29) is 23.4 Å². The van der Waals surface area contributed by atoms with E-state index in [2.05, 4.69) is 16.7 Å². The lowest BCUT2D eigenvalue weighted by Gasteiger charge is -2.29. The molecule has 4 nitrogen and oxygen atoms in total. The van der Waals surface area contributed by atoms with Crippen molar-refractivity contribution in [2.75, 3.05) is 0 Å². The van der Waals surface area contributed by atoms with Gasteiger partial charge in [-0.3, -0.25) is 9.59 Å². The zero-order valence-electron chi connectivity index (χ0n) is 15.7. The van der Waals surface area contributed by atoms with Crippen LogP contribution in [-0.4, -0.2) is 17.9 Å². The van der Waals surface area contributed by atoms with E-state index in [1.807, 2.05) is 32.0 Å². The van der Waals surface area contributed by atoms with Gasteiger partial charge in [0.1, 0.15) is 11.9 Å². The summed E-state index contributed by atoms with van der Waals surface area (Å²) in [4.78, 5) is 25.3. The molecule has 0 unspecified atom stereocenters. The number of carbonyl (C=O) groups excluding carboxylic acids is 2. The summed E-state index contributed by atoms with van der Waals surface area (Å²) >= 11 is 0. The quantitative estimate of drug-likeness (QED) is 0.844. The number of fused-ring (bicyclic) bond motifs is 1. The van der Waals surface area contributed by atoms with Gasteiger partial charge in [-0.2, -0.15) is 0 Å². The highest BCUT2D eigenvalue weighted by Gasteiger charge is 2.29. The highest BCUT2D eigenvalue weighted by atomic mass is 19.1. The van der Waals surface area contributed by atoms with E-state index in [0.29, 0.717) is 0 Å². The highest BCUT2D eigenvalue weighted by Crippen LogP contribution is 2.29. The first-order valence-corrected chi connectivity index (χ1v) is 9.41. The van der Waals surface area contributed by atoms with Crippen LogP contribution in [0.3, 0.4) is 0 Å². The minimum atomic E-state index is -0.730. The maximum atomic E-state index is 13.9. The molecule has 3 rings (SSSR count). The molecule has 142 valence electrons. The van der Waals surface area contributed by atoms with Crippen molar-refractivity contribution < 1.29 is 14.0 Å². The van der Waals surface area contributed by atoms with Gasteiger partial charge in [-0.1, -0.05) is 50.2 Å². The molecule has 2 N–H and O–H groups in total. The Morgan fingerprint density at radius 2 is 1.78 bits per heavy atom. The fourth-order valence-corrected chi connectivity index (χ4v) is 3.56. The molecule has 2 aromatic carbocycles. The van der Waals surface area contributed by atoms with Crippen LogP contribution in [-0.2, 0) is 11.2 Å². The normalized spacial score (nSPS) is 17.1. The Morgan fingerprint density at radius 3 is 2.52 bits per heavy atom. The predicted octanol–water partition coefficient (Wildman–Crippen LogP) is 3.77. The van der Waals surface area contributed by atoms with Crippen LogP contribution >= 0.6 is 0 Å². The van der Waals surface area contributed by atoms with Gasteiger partial charge in [-0.15, -0.1) is 0 Å². The zero-order chi connectivity index (χ0) is 19.4. The Kier molecular flexibility index (Phi) is 5.89. The lowest BCUT2D eigenvalue weighted by molar-refractivity contribution is -0.124. The highest BCUT2D eigenvalue weighted by molar-refractivity contribution is 5.97. The van der Waals surface area contributed by atoms with Crippen LogP contribution in [0.25, 0.3) is 0 Å². The summed E-state index contributed by atoms with van der Waals surface area (Å²) in [6.45, 7) is 3.72. The maximum absolute atomic E-state index is 13.9. The van der Waals surface area contributed by atoms with Crippen molar-refractivity contribution in [1.82, 2.24) is 10.6 Å². The lowest BCUT2D eigenvalue weighted by atomic mass is 9.87. The Labute approximate surface area is 159 Å². The fourth-order valence-electron chi connectivity index (χ4n) is 3.56. The molecule has 0 saturated heterocycles. The summed E-state index contributed by atoms with van der Waals surface area (Å²) in [5, 5.41) is 5.78. The Morgan fingerprint density at radius 1 is 1.07 bits per heavy atom. The molecule has 0 aromatic heterocycles. The van der Waals surface area contributed by atoms with Gasteiger partial charge in [-0.05, 0) is 48.4 Å². The summed E-state index contributed by atoms with van der Waals surface area (Å²) in [5.74, 6) is -1.54. The van der Waals surface area contributed by atoms with Crippen molar-refractivity contribution in [3.8, 4) is 0 Å². The van der Waals surface area contributed by atoms with Crippen molar-refractivity contribution in [1.29, 1.82) is 0 Å². The van der Waals surface area contributed by atoms with Crippen LogP contribution < -0.4 is 10.6 Å². The van der Waals surface area contributed by atoms with E-state index in [4.69, 9.17) is 0 Å². The summed E-state index contributed by atoms with van der Waals surface area (Å²) in [6, 6.07) is 13.1. The second-order valence-corrected chi connectivity index (χ2v) is 7.33. The first-order chi connectivity index (χ1) is 13.0. The van der Waals surface area contributed by atoms with E-state index in [9.17, 15) is 14.0 Å². The number of amides is 2. The third-order valence-corrected chi connectivity index (χ3v) is 5.04. The summed E-state index contributed by atoms with van der Waals surface area (Å²) in [6.07, 6.45) is 2.89. The molecule has 0 aliphatic heterocycles. The minimum Gasteiger partial charge on any atom is -0.347 e. The zero-order valence-corrected chi connectivity index (χ0v) is 15.7. The molecule has 2 atom stereocenters. The minimum absolute atomic E-state index is 0.0565. The monoisotopic (exact) mass is 368 g/mol. The standard InChI is InChI=1S/C22H25FN2O2/c1-14(2)20(25-21(26)17-11-5-6-12-18(17)23)22(27)24-19-13-7-9-15-8-3-4-10-16(15)19/h3-6,8,10-12,14,19-20H,7,9,13H2,1-2H3,(H,24,27)(H,25,26)/t19-,20-/m0/s1. The van der Waals surface area contributed by atoms with Gasteiger partial charge in [0, 0.05) is 0 Å². The Bertz CT molecular complexity index is 835. The van der Waals surface area contributed by atoms with Gasteiger partial charge in [0.05, 0.1) is 11.6 Å². The molecular weight excluding hydrogens is 343 g/mol. The van der Waals surface area contributed by atoms with Gasteiger partial charge in [0.2, 0.25) is 5.91 Å². The molecule has 2 amide bonds. The third-order valence-electron chi connectivity index (χ3n) is 5.04. The lowest BCUT2D eigenvalue weighted by Crippen LogP contribution is -2.50. The second-order valence-electron chi connectivity index (χ2n) is 7.33. The van der Waals surface area contributed by atoms with Crippen LogP contribution in [0.5, 0.6) is 0 Å². The van der Waals surface area contributed by atoms with Crippen LogP contribution in [0.2, 0.25) is 0 Å². The molecule has 0 bridgehead atoms. The Balaban J connectivity index is 1.73. The number of nitrogens with one attached hydrogen (secondary N) is 2. The number of hydrogen-bond donors (Lipinski definition) is 2. The number of rotatable bonds is 5. The van der Waals surface area contributed by atoms with Crippen LogP contribution in [0.1, 0.15) is 54.2 Å². The van der Waals surface area contributed by atoms with Crippen molar-refractivity contribution in [2.45, 2.75) is 45.2 Å². The van der Waals surface area contributed by atoms with Crippen LogP contribution in [0, 0.1) is 11.7 Å². The number of halogens is 1. The van der Waals surface area contributed by atoms with E-state index in [1.54, 1.807) is 6.07 Å². The van der Waals surface area contributed by atoms with E-state index in [1.165, 1.54) is 23.8 Å².